The molecular weight excluding hydrogens is 339 g/mol. The number of nitrogens with zero attached hydrogens (tertiary/aromatic N) is 4. The van der Waals surface area contributed by atoms with Crippen molar-refractivity contribution in [3.05, 3.63) is 83.4 Å². The third-order valence-electron chi connectivity index (χ3n) is 5.20. The Kier molecular flexibility index (Phi) is 5.58. The van der Waals surface area contributed by atoms with Crippen molar-refractivity contribution in [2.75, 3.05) is 13.1 Å². The molecule has 5 heteroatoms. The van der Waals surface area contributed by atoms with E-state index in [-0.39, 0.29) is 0 Å². The second-order valence-corrected chi connectivity index (χ2v) is 7.30. The summed E-state index contributed by atoms with van der Waals surface area (Å²) < 4.78 is 15.4. The zero-order chi connectivity index (χ0) is 18.5. The fourth-order valence-corrected chi connectivity index (χ4v) is 3.59. The highest BCUT2D eigenvalue weighted by atomic mass is 19.1. The first-order valence-corrected chi connectivity index (χ1v) is 9.61. The number of benzene rings is 2. The number of likely N-dealkylation sites (tertiary alicyclic amines) is 1. The van der Waals surface area contributed by atoms with E-state index in [1.165, 1.54) is 16.7 Å². The normalized spacial score (nSPS) is 15.9. The third-order valence-corrected chi connectivity index (χ3v) is 5.20. The Morgan fingerprint density at radius 3 is 2.26 bits per heavy atom. The average Bonchev–Trinajstić information content (AvgIpc) is 3.12. The predicted molar refractivity (Wildman–Crippen MR) is 104 cm³/mol. The highest BCUT2D eigenvalue weighted by Crippen LogP contribution is 2.17. The molecule has 0 unspecified atom stereocenters. The van der Waals surface area contributed by atoms with Crippen molar-refractivity contribution in [3.8, 4) is 0 Å². The van der Waals surface area contributed by atoms with Gasteiger partial charge in [0.05, 0.1) is 6.54 Å². The lowest BCUT2D eigenvalue weighted by molar-refractivity contribution is 0.145. The van der Waals surface area contributed by atoms with E-state index in [1.807, 2.05) is 18.2 Å². The van der Waals surface area contributed by atoms with E-state index in [4.69, 9.17) is 0 Å². The van der Waals surface area contributed by atoms with Gasteiger partial charge in [-0.2, -0.15) is 0 Å². The summed E-state index contributed by atoms with van der Waals surface area (Å²) in [5, 5.41) is 8.39. The largest absolute Gasteiger partial charge is 0.313 e. The second-order valence-electron chi connectivity index (χ2n) is 7.30. The van der Waals surface area contributed by atoms with Gasteiger partial charge in [-0.1, -0.05) is 54.6 Å². The van der Waals surface area contributed by atoms with Crippen molar-refractivity contribution >= 4 is 0 Å². The van der Waals surface area contributed by atoms with E-state index < -0.39 is 6.17 Å². The van der Waals surface area contributed by atoms with Crippen LogP contribution in [0.2, 0.25) is 0 Å². The van der Waals surface area contributed by atoms with Crippen molar-refractivity contribution in [2.24, 2.45) is 0 Å². The van der Waals surface area contributed by atoms with Gasteiger partial charge in [0.15, 0.2) is 0 Å². The Labute approximate surface area is 159 Å². The fourth-order valence-electron chi connectivity index (χ4n) is 3.59. The predicted octanol–water partition coefficient (Wildman–Crippen LogP) is 3.85. The van der Waals surface area contributed by atoms with E-state index >= 15 is 0 Å². The molecule has 27 heavy (non-hydrogen) atoms. The minimum Gasteiger partial charge on any atom is -0.313 e. The first kappa shape index (κ1) is 17.9. The van der Waals surface area contributed by atoms with Crippen LogP contribution < -0.4 is 0 Å². The number of hydrogen-bond donors (Lipinski definition) is 0. The summed E-state index contributed by atoms with van der Waals surface area (Å²) in [6, 6.07) is 19.0. The van der Waals surface area contributed by atoms with Gasteiger partial charge in [0.25, 0.3) is 0 Å². The molecule has 0 aliphatic carbocycles. The zero-order valence-corrected chi connectivity index (χ0v) is 15.5. The van der Waals surface area contributed by atoms with Crippen LogP contribution in [-0.4, -0.2) is 38.9 Å². The van der Waals surface area contributed by atoms with E-state index in [0.29, 0.717) is 12.8 Å². The Balaban J connectivity index is 1.37. The Morgan fingerprint density at radius 2 is 1.52 bits per heavy atom. The van der Waals surface area contributed by atoms with Crippen molar-refractivity contribution in [2.45, 2.75) is 38.5 Å². The van der Waals surface area contributed by atoms with Crippen LogP contribution in [-0.2, 0) is 19.5 Å². The average molecular weight is 364 g/mol. The van der Waals surface area contributed by atoms with Crippen molar-refractivity contribution in [3.63, 3.8) is 0 Å². The lowest BCUT2D eigenvalue weighted by atomic mass is 10.1. The SMILES string of the molecule is FC1CCN(Cc2ccc(Cc3nncn3Cc3ccccc3)cc2)CC1. The molecule has 2 aromatic carbocycles. The molecule has 2 heterocycles. The van der Waals surface area contributed by atoms with Crippen LogP contribution in [0.25, 0.3) is 0 Å². The molecule has 0 saturated carbocycles. The van der Waals surface area contributed by atoms with E-state index in [1.54, 1.807) is 6.33 Å². The highest BCUT2D eigenvalue weighted by molar-refractivity contribution is 5.25. The van der Waals surface area contributed by atoms with Crippen LogP contribution in [0.5, 0.6) is 0 Å². The highest BCUT2D eigenvalue weighted by Gasteiger charge is 2.18. The summed E-state index contributed by atoms with van der Waals surface area (Å²) in [4.78, 5) is 2.33. The Hall–Kier alpha value is -2.53. The molecule has 0 atom stereocenters. The molecule has 1 aromatic heterocycles. The van der Waals surface area contributed by atoms with Crippen LogP contribution >= 0.6 is 0 Å². The molecule has 1 aliphatic rings. The summed E-state index contributed by atoms with van der Waals surface area (Å²) in [6.45, 7) is 3.39. The molecule has 1 fully saturated rings. The lowest BCUT2D eigenvalue weighted by Gasteiger charge is -2.28. The minimum atomic E-state index is -0.614. The fraction of sp³-hybridized carbons (Fsp3) is 0.364. The maximum absolute atomic E-state index is 13.3. The third kappa shape index (κ3) is 4.80. The van der Waals surface area contributed by atoms with Crippen molar-refractivity contribution < 1.29 is 4.39 Å². The standard InChI is InChI=1S/C22H25FN4/c23-21-10-12-26(13-11-21)15-20-8-6-18(7-9-20)14-22-25-24-17-27(22)16-19-4-2-1-3-5-19/h1-9,17,21H,10-16H2. The van der Waals surface area contributed by atoms with Gasteiger partial charge in [-0.15, -0.1) is 10.2 Å². The monoisotopic (exact) mass is 364 g/mol. The minimum absolute atomic E-state index is 0.614. The molecule has 4 rings (SSSR count). The van der Waals surface area contributed by atoms with Crippen LogP contribution in [0.15, 0.2) is 60.9 Å². The van der Waals surface area contributed by atoms with Gasteiger partial charge in [0, 0.05) is 26.1 Å². The van der Waals surface area contributed by atoms with E-state index in [0.717, 1.165) is 38.4 Å². The van der Waals surface area contributed by atoms with E-state index in [9.17, 15) is 4.39 Å². The summed E-state index contributed by atoms with van der Waals surface area (Å²) in [6.07, 6.45) is 3.27. The Morgan fingerprint density at radius 1 is 0.852 bits per heavy atom. The molecule has 0 amide bonds. The van der Waals surface area contributed by atoms with Crippen LogP contribution in [0, 0.1) is 0 Å². The molecule has 3 aromatic rings. The molecule has 4 nitrogen and oxygen atoms in total. The molecular formula is C22H25FN4. The lowest BCUT2D eigenvalue weighted by Crippen LogP contribution is -2.33. The molecule has 0 radical (unpaired) electrons. The summed E-state index contributed by atoms with van der Waals surface area (Å²) in [5.41, 5.74) is 3.75. The molecule has 140 valence electrons. The second kappa shape index (κ2) is 8.44. The quantitative estimate of drug-likeness (QED) is 0.666. The van der Waals surface area contributed by atoms with Gasteiger partial charge in [-0.05, 0) is 29.5 Å². The Bertz CT molecular complexity index is 836. The van der Waals surface area contributed by atoms with Gasteiger partial charge in [0.1, 0.15) is 18.3 Å². The van der Waals surface area contributed by atoms with Gasteiger partial charge < -0.3 is 4.57 Å². The van der Waals surface area contributed by atoms with Crippen LogP contribution in [0.4, 0.5) is 4.39 Å². The smallest absolute Gasteiger partial charge is 0.137 e. The zero-order valence-electron chi connectivity index (χ0n) is 15.5. The van der Waals surface area contributed by atoms with Crippen molar-refractivity contribution in [1.82, 2.24) is 19.7 Å². The molecule has 1 aliphatic heterocycles. The molecule has 0 bridgehead atoms. The summed E-state index contributed by atoms with van der Waals surface area (Å²) in [7, 11) is 0. The number of rotatable bonds is 6. The maximum Gasteiger partial charge on any atom is 0.137 e. The van der Waals surface area contributed by atoms with Gasteiger partial charge in [0.2, 0.25) is 0 Å². The first-order chi connectivity index (χ1) is 13.3. The first-order valence-electron chi connectivity index (χ1n) is 9.61. The number of hydrogen-bond acceptors (Lipinski definition) is 3. The van der Waals surface area contributed by atoms with E-state index in [2.05, 4.69) is 56.1 Å². The van der Waals surface area contributed by atoms with Gasteiger partial charge >= 0.3 is 0 Å². The van der Waals surface area contributed by atoms with Crippen LogP contribution in [0.3, 0.4) is 0 Å². The summed E-state index contributed by atoms with van der Waals surface area (Å²) in [5.74, 6) is 0.969. The number of aromatic nitrogens is 3. The van der Waals surface area contributed by atoms with Crippen LogP contribution in [0.1, 0.15) is 35.4 Å². The number of halogens is 1. The number of piperidine rings is 1. The van der Waals surface area contributed by atoms with Gasteiger partial charge in [-0.3, -0.25) is 4.90 Å². The molecule has 0 N–H and O–H groups in total. The van der Waals surface area contributed by atoms with Gasteiger partial charge in [-0.25, -0.2) is 4.39 Å². The van der Waals surface area contributed by atoms with Crippen molar-refractivity contribution in [1.29, 1.82) is 0 Å². The summed E-state index contributed by atoms with van der Waals surface area (Å²) >= 11 is 0. The number of alkyl halides is 1. The maximum atomic E-state index is 13.3. The topological polar surface area (TPSA) is 34.0 Å². The molecule has 0 spiro atoms. The molecule has 1 saturated heterocycles.